The maximum absolute atomic E-state index is 13.5. The summed E-state index contributed by atoms with van der Waals surface area (Å²) in [5.41, 5.74) is 10.0. The van der Waals surface area contributed by atoms with E-state index in [1.807, 2.05) is 25.1 Å². The molecule has 1 heterocycles. The van der Waals surface area contributed by atoms with Gasteiger partial charge in [0.05, 0.1) is 12.6 Å². The van der Waals surface area contributed by atoms with Crippen LogP contribution in [-0.2, 0) is 6.42 Å². The van der Waals surface area contributed by atoms with Crippen molar-refractivity contribution in [2.45, 2.75) is 19.4 Å². The van der Waals surface area contributed by atoms with E-state index in [1.54, 1.807) is 0 Å². The van der Waals surface area contributed by atoms with Gasteiger partial charge in [0.15, 0.2) is 0 Å². The van der Waals surface area contributed by atoms with Crippen LogP contribution in [-0.4, -0.2) is 6.61 Å². The van der Waals surface area contributed by atoms with E-state index < -0.39 is 0 Å². The van der Waals surface area contributed by atoms with Gasteiger partial charge in [-0.2, -0.15) is 0 Å². The lowest BCUT2D eigenvalue weighted by atomic mass is 9.95. The molecule has 0 amide bonds. The predicted molar refractivity (Wildman–Crippen MR) is 72.8 cm³/mol. The molecule has 1 atom stereocenters. The Morgan fingerprint density at radius 3 is 2.89 bits per heavy atom. The summed E-state index contributed by atoms with van der Waals surface area (Å²) in [5, 5.41) is 0. The second-order valence-corrected chi connectivity index (χ2v) is 4.97. The van der Waals surface area contributed by atoms with Gasteiger partial charge in [-0.25, -0.2) is 4.39 Å². The van der Waals surface area contributed by atoms with Gasteiger partial charge < -0.3 is 10.5 Å². The highest BCUT2D eigenvalue weighted by Gasteiger charge is 2.21. The average molecular weight is 257 g/mol. The zero-order valence-corrected chi connectivity index (χ0v) is 10.8. The summed E-state index contributed by atoms with van der Waals surface area (Å²) >= 11 is 0. The molecule has 3 heteroatoms. The molecule has 3 rings (SSSR count). The monoisotopic (exact) mass is 257 g/mol. The van der Waals surface area contributed by atoms with E-state index in [0.717, 1.165) is 28.9 Å². The first-order valence-electron chi connectivity index (χ1n) is 6.42. The minimum absolute atomic E-state index is 0.251. The van der Waals surface area contributed by atoms with E-state index in [1.165, 1.54) is 17.7 Å². The van der Waals surface area contributed by atoms with E-state index in [-0.39, 0.29) is 11.9 Å². The summed E-state index contributed by atoms with van der Waals surface area (Å²) < 4.78 is 19.2. The molecule has 2 nitrogen and oxygen atoms in total. The molecule has 19 heavy (non-hydrogen) atoms. The standard InChI is InChI=1S/C16H16FNO/c1-10-7-12(9-13(17)8-10)15(18)14-4-2-3-11-5-6-19-16(11)14/h2-4,7-9,15H,5-6,18H2,1H3. The SMILES string of the molecule is Cc1cc(F)cc(C(N)c2cccc3c2OCC3)c1. The van der Waals surface area contributed by atoms with Gasteiger partial charge in [-0.1, -0.05) is 24.3 Å². The van der Waals surface area contributed by atoms with Gasteiger partial charge in [-0.15, -0.1) is 0 Å². The fourth-order valence-corrected chi connectivity index (χ4v) is 2.61. The molecule has 0 aromatic heterocycles. The lowest BCUT2D eigenvalue weighted by Gasteiger charge is -2.16. The topological polar surface area (TPSA) is 35.2 Å². The third-order valence-electron chi connectivity index (χ3n) is 3.50. The number of hydrogen-bond acceptors (Lipinski definition) is 2. The number of nitrogens with two attached hydrogens (primary N) is 1. The van der Waals surface area contributed by atoms with E-state index >= 15 is 0 Å². The molecular formula is C16H16FNO. The van der Waals surface area contributed by atoms with Crippen molar-refractivity contribution >= 4 is 0 Å². The van der Waals surface area contributed by atoms with Crippen LogP contribution in [0.2, 0.25) is 0 Å². The highest BCUT2D eigenvalue weighted by molar-refractivity contribution is 5.48. The van der Waals surface area contributed by atoms with Crippen LogP contribution in [0, 0.1) is 12.7 Å². The number of hydrogen-bond donors (Lipinski definition) is 1. The summed E-state index contributed by atoms with van der Waals surface area (Å²) in [6.07, 6.45) is 0.915. The van der Waals surface area contributed by atoms with Crippen molar-refractivity contribution in [2.24, 2.45) is 5.73 Å². The highest BCUT2D eigenvalue weighted by atomic mass is 19.1. The minimum atomic E-state index is -0.359. The molecule has 1 aliphatic heterocycles. The Hall–Kier alpha value is -1.87. The van der Waals surface area contributed by atoms with Crippen LogP contribution in [0.15, 0.2) is 36.4 Å². The average Bonchev–Trinajstić information content (AvgIpc) is 2.84. The van der Waals surface area contributed by atoms with E-state index in [2.05, 4.69) is 6.07 Å². The first-order chi connectivity index (χ1) is 9.15. The van der Waals surface area contributed by atoms with Gasteiger partial charge in [0, 0.05) is 12.0 Å². The zero-order chi connectivity index (χ0) is 13.4. The van der Waals surface area contributed by atoms with Crippen LogP contribution in [0.4, 0.5) is 4.39 Å². The second-order valence-electron chi connectivity index (χ2n) is 4.97. The Kier molecular flexibility index (Phi) is 2.99. The van der Waals surface area contributed by atoms with Crippen LogP contribution < -0.4 is 10.5 Å². The summed E-state index contributed by atoms with van der Waals surface area (Å²) in [6, 6.07) is 10.5. The molecule has 0 radical (unpaired) electrons. The van der Waals surface area contributed by atoms with Crippen LogP contribution >= 0.6 is 0 Å². The van der Waals surface area contributed by atoms with Crippen LogP contribution in [0.25, 0.3) is 0 Å². The lowest BCUT2D eigenvalue weighted by Crippen LogP contribution is -2.13. The predicted octanol–water partition coefficient (Wildman–Crippen LogP) is 3.12. The van der Waals surface area contributed by atoms with Crippen molar-refractivity contribution in [2.75, 3.05) is 6.61 Å². The van der Waals surface area contributed by atoms with Gasteiger partial charge in [0.2, 0.25) is 0 Å². The first-order valence-corrected chi connectivity index (χ1v) is 6.42. The molecule has 98 valence electrons. The smallest absolute Gasteiger partial charge is 0.127 e. The van der Waals surface area contributed by atoms with Gasteiger partial charge in [0.1, 0.15) is 11.6 Å². The molecule has 1 unspecified atom stereocenters. The maximum Gasteiger partial charge on any atom is 0.127 e. The number of rotatable bonds is 2. The summed E-state index contributed by atoms with van der Waals surface area (Å²) in [6.45, 7) is 2.56. The molecule has 0 spiro atoms. The van der Waals surface area contributed by atoms with Crippen molar-refractivity contribution in [3.05, 3.63) is 64.5 Å². The van der Waals surface area contributed by atoms with Crippen LogP contribution in [0.3, 0.4) is 0 Å². The lowest BCUT2D eigenvalue weighted by molar-refractivity contribution is 0.352. The Morgan fingerprint density at radius 2 is 2.11 bits per heavy atom. The summed E-state index contributed by atoms with van der Waals surface area (Å²) in [5.74, 6) is 0.621. The van der Waals surface area contributed by atoms with E-state index in [9.17, 15) is 4.39 Å². The summed E-state index contributed by atoms with van der Waals surface area (Å²) in [4.78, 5) is 0. The molecule has 2 aromatic carbocycles. The Labute approximate surface area is 112 Å². The maximum atomic E-state index is 13.5. The molecule has 0 saturated carbocycles. The number of halogens is 1. The molecule has 2 N–H and O–H groups in total. The quantitative estimate of drug-likeness (QED) is 0.897. The molecule has 1 aliphatic rings. The molecular weight excluding hydrogens is 241 g/mol. The normalized spacial score (nSPS) is 14.9. The highest BCUT2D eigenvalue weighted by Crippen LogP contribution is 2.35. The van der Waals surface area contributed by atoms with Crippen LogP contribution in [0.1, 0.15) is 28.3 Å². The molecule has 2 aromatic rings. The molecule has 0 aliphatic carbocycles. The second kappa shape index (κ2) is 4.67. The van der Waals surface area contributed by atoms with Crippen molar-refractivity contribution in [1.29, 1.82) is 0 Å². The number of benzene rings is 2. The number of aryl methyl sites for hydroxylation is 1. The Bertz CT molecular complexity index is 604. The zero-order valence-electron chi connectivity index (χ0n) is 10.8. The fourth-order valence-electron chi connectivity index (χ4n) is 2.61. The van der Waals surface area contributed by atoms with Crippen molar-refractivity contribution < 1.29 is 9.13 Å². The van der Waals surface area contributed by atoms with E-state index in [4.69, 9.17) is 10.5 Å². The Balaban J connectivity index is 2.04. The van der Waals surface area contributed by atoms with Crippen LogP contribution in [0.5, 0.6) is 5.75 Å². The van der Waals surface area contributed by atoms with Crippen molar-refractivity contribution in [3.8, 4) is 5.75 Å². The Morgan fingerprint density at radius 1 is 1.26 bits per heavy atom. The molecule has 0 saturated heterocycles. The van der Waals surface area contributed by atoms with Gasteiger partial charge >= 0.3 is 0 Å². The number of fused-ring (bicyclic) bond motifs is 1. The largest absolute Gasteiger partial charge is 0.493 e. The van der Waals surface area contributed by atoms with Gasteiger partial charge in [-0.05, 0) is 35.7 Å². The molecule has 0 fully saturated rings. The summed E-state index contributed by atoms with van der Waals surface area (Å²) in [7, 11) is 0. The molecule has 0 bridgehead atoms. The van der Waals surface area contributed by atoms with Gasteiger partial charge in [0.25, 0.3) is 0 Å². The first kappa shape index (κ1) is 12.2. The fraction of sp³-hybridized carbons (Fsp3) is 0.250. The number of ether oxygens (including phenoxy) is 1. The van der Waals surface area contributed by atoms with Crippen molar-refractivity contribution in [3.63, 3.8) is 0 Å². The van der Waals surface area contributed by atoms with E-state index in [0.29, 0.717) is 6.61 Å². The number of para-hydroxylation sites is 1. The third kappa shape index (κ3) is 2.22. The van der Waals surface area contributed by atoms with Gasteiger partial charge in [-0.3, -0.25) is 0 Å². The third-order valence-corrected chi connectivity index (χ3v) is 3.50. The van der Waals surface area contributed by atoms with Crippen molar-refractivity contribution in [1.82, 2.24) is 0 Å². The minimum Gasteiger partial charge on any atom is -0.493 e.